The van der Waals surface area contributed by atoms with E-state index in [2.05, 4.69) is 5.32 Å². The molecule has 0 spiro atoms. The molecule has 1 aromatic rings. The first-order chi connectivity index (χ1) is 11.6. The Hall–Kier alpha value is -2.90. The Morgan fingerprint density at radius 3 is 2.54 bits per heavy atom. The van der Waals surface area contributed by atoms with Crippen molar-refractivity contribution in [2.45, 2.75) is 13.3 Å². The molecule has 8 heteroatoms. The van der Waals surface area contributed by atoms with Gasteiger partial charge < -0.3 is 19.7 Å². The number of hydrogen-bond donors (Lipinski definition) is 1. The number of imide groups is 1. The fourth-order valence-corrected chi connectivity index (χ4v) is 2.26. The van der Waals surface area contributed by atoms with Gasteiger partial charge in [0, 0.05) is 26.1 Å². The zero-order chi connectivity index (χ0) is 17.5. The topological polar surface area (TPSA) is 96.0 Å². The quantitative estimate of drug-likeness (QED) is 0.455. The van der Waals surface area contributed by atoms with Crippen molar-refractivity contribution in [2.75, 3.05) is 26.4 Å². The number of nitrogens with zero attached hydrogens (tertiary/aromatic N) is 2. The minimum atomic E-state index is -0.834. The minimum absolute atomic E-state index is 0.138. The van der Waals surface area contributed by atoms with Crippen LogP contribution in [0.3, 0.4) is 0 Å². The fourth-order valence-electron chi connectivity index (χ4n) is 2.26. The van der Waals surface area contributed by atoms with Gasteiger partial charge in [-0.15, -0.1) is 0 Å². The van der Waals surface area contributed by atoms with Crippen molar-refractivity contribution in [1.29, 1.82) is 0 Å². The predicted molar refractivity (Wildman–Crippen MR) is 84.2 cm³/mol. The third-order valence-corrected chi connectivity index (χ3v) is 3.64. The number of nitrogens with one attached hydrogen (secondary N) is 1. The van der Waals surface area contributed by atoms with Crippen LogP contribution in [0.4, 0.5) is 4.79 Å². The minimum Gasteiger partial charge on any atom is -0.473 e. The first-order valence-electron chi connectivity index (χ1n) is 7.60. The van der Waals surface area contributed by atoms with E-state index in [9.17, 15) is 19.2 Å². The molecule has 1 fully saturated rings. The molecule has 1 aromatic carbocycles. The molecule has 1 aliphatic heterocycles. The van der Waals surface area contributed by atoms with E-state index in [0.29, 0.717) is 25.3 Å². The van der Waals surface area contributed by atoms with Gasteiger partial charge in [-0.1, -0.05) is 12.1 Å². The van der Waals surface area contributed by atoms with E-state index in [1.165, 1.54) is 4.90 Å². The van der Waals surface area contributed by atoms with Crippen LogP contribution in [0.2, 0.25) is 0 Å². The van der Waals surface area contributed by atoms with Gasteiger partial charge in [0.15, 0.2) is 6.73 Å². The number of rotatable bonds is 6. The Bertz CT molecular complexity index is 629. The van der Waals surface area contributed by atoms with E-state index in [0.717, 1.165) is 16.7 Å². The highest BCUT2D eigenvalue weighted by molar-refractivity contribution is 6.38. The Morgan fingerprint density at radius 1 is 1.21 bits per heavy atom. The van der Waals surface area contributed by atoms with Crippen molar-refractivity contribution in [3.05, 3.63) is 29.8 Å². The number of urea groups is 1. The van der Waals surface area contributed by atoms with Crippen LogP contribution < -0.4 is 10.1 Å². The molecular formula is C16H19N3O5. The van der Waals surface area contributed by atoms with Crippen molar-refractivity contribution in [3.8, 4) is 5.75 Å². The van der Waals surface area contributed by atoms with Crippen LogP contribution in [0.1, 0.15) is 12.5 Å². The molecule has 8 nitrogen and oxygen atoms in total. The summed E-state index contributed by atoms with van der Waals surface area (Å²) in [7, 11) is 0. The van der Waals surface area contributed by atoms with Gasteiger partial charge >= 0.3 is 17.8 Å². The SMILES string of the molecule is CCN1CCN(C(=O)NCOc2ccc(CC=O)cc2)C(=O)C1=O. The van der Waals surface area contributed by atoms with Crippen LogP contribution in [-0.4, -0.2) is 60.3 Å². The first kappa shape index (κ1) is 17.5. The van der Waals surface area contributed by atoms with E-state index >= 15 is 0 Å². The highest BCUT2D eigenvalue weighted by Crippen LogP contribution is 2.12. The largest absolute Gasteiger partial charge is 0.473 e. The zero-order valence-corrected chi connectivity index (χ0v) is 13.4. The molecule has 0 aliphatic carbocycles. The van der Waals surface area contributed by atoms with Gasteiger partial charge in [-0.25, -0.2) is 4.79 Å². The number of likely N-dealkylation sites (N-methyl/N-ethyl adjacent to an activating group) is 1. The lowest BCUT2D eigenvalue weighted by Crippen LogP contribution is -2.58. The van der Waals surface area contributed by atoms with Gasteiger partial charge in [0.2, 0.25) is 0 Å². The Balaban J connectivity index is 1.81. The molecule has 4 amide bonds. The number of carbonyl (C=O) groups excluding carboxylic acids is 4. The summed E-state index contributed by atoms with van der Waals surface area (Å²) in [5, 5.41) is 2.44. The summed E-state index contributed by atoms with van der Waals surface area (Å²) in [6.45, 7) is 2.55. The van der Waals surface area contributed by atoms with E-state index in [1.54, 1.807) is 31.2 Å². The van der Waals surface area contributed by atoms with Crippen molar-refractivity contribution < 1.29 is 23.9 Å². The van der Waals surface area contributed by atoms with Gasteiger partial charge in [-0.05, 0) is 24.6 Å². The number of aldehydes is 1. The summed E-state index contributed by atoms with van der Waals surface area (Å²) >= 11 is 0. The summed E-state index contributed by atoms with van der Waals surface area (Å²) in [4.78, 5) is 48.3. The molecule has 24 heavy (non-hydrogen) atoms. The number of piperazine rings is 1. The molecule has 1 heterocycles. The third-order valence-electron chi connectivity index (χ3n) is 3.64. The Labute approximate surface area is 139 Å². The van der Waals surface area contributed by atoms with Gasteiger partial charge in [0.25, 0.3) is 0 Å². The van der Waals surface area contributed by atoms with Crippen LogP contribution in [0.15, 0.2) is 24.3 Å². The van der Waals surface area contributed by atoms with Gasteiger partial charge in [0.05, 0.1) is 0 Å². The number of amides is 4. The van der Waals surface area contributed by atoms with Crippen LogP contribution >= 0.6 is 0 Å². The van der Waals surface area contributed by atoms with Crippen LogP contribution in [0, 0.1) is 0 Å². The second-order valence-corrected chi connectivity index (χ2v) is 5.13. The molecule has 0 aromatic heterocycles. The van der Waals surface area contributed by atoms with Crippen LogP contribution in [0.5, 0.6) is 5.75 Å². The second-order valence-electron chi connectivity index (χ2n) is 5.13. The van der Waals surface area contributed by atoms with Crippen LogP contribution in [0.25, 0.3) is 0 Å². The molecule has 1 N–H and O–H groups in total. The average molecular weight is 333 g/mol. The van der Waals surface area contributed by atoms with Gasteiger partial charge in [-0.2, -0.15) is 0 Å². The standard InChI is InChI=1S/C16H19N3O5/c1-2-18-8-9-19(15(22)14(18)21)16(23)17-11-24-13-5-3-12(4-6-13)7-10-20/h3-6,10H,2,7-9,11H2,1H3,(H,17,23). The van der Waals surface area contributed by atoms with Crippen molar-refractivity contribution in [3.63, 3.8) is 0 Å². The summed E-state index contributed by atoms with van der Waals surface area (Å²) in [5.74, 6) is -0.993. The zero-order valence-electron chi connectivity index (χ0n) is 13.4. The van der Waals surface area contributed by atoms with Crippen molar-refractivity contribution in [1.82, 2.24) is 15.1 Å². The lowest BCUT2D eigenvalue weighted by atomic mass is 10.2. The van der Waals surface area contributed by atoms with Gasteiger partial charge in [-0.3, -0.25) is 14.5 Å². The average Bonchev–Trinajstić information content (AvgIpc) is 2.59. The molecule has 1 saturated heterocycles. The molecule has 1 aliphatic rings. The van der Waals surface area contributed by atoms with E-state index in [1.807, 2.05) is 0 Å². The smallest absolute Gasteiger partial charge is 0.327 e. The molecule has 0 atom stereocenters. The van der Waals surface area contributed by atoms with E-state index < -0.39 is 17.8 Å². The second kappa shape index (κ2) is 8.09. The molecule has 0 saturated carbocycles. The monoisotopic (exact) mass is 333 g/mol. The lowest BCUT2D eigenvalue weighted by Gasteiger charge is -2.31. The Kier molecular flexibility index (Phi) is 5.89. The fraction of sp³-hybridized carbons (Fsp3) is 0.375. The number of hydrogen-bond acceptors (Lipinski definition) is 5. The van der Waals surface area contributed by atoms with Crippen molar-refractivity contribution in [2.24, 2.45) is 0 Å². The van der Waals surface area contributed by atoms with Crippen molar-refractivity contribution >= 4 is 24.1 Å². The molecule has 128 valence electrons. The summed E-state index contributed by atoms with van der Waals surface area (Å²) in [6, 6.07) is 6.19. The van der Waals surface area contributed by atoms with E-state index in [-0.39, 0.29) is 13.3 Å². The number of ether oxygens (including phenoxy) is 1. The van der Waals surface area contributed by atoms with Gasteiger partial charge in [0.1, 0.15) is 12.0 Å². The number of carbonyl (C=O) groups is 4. The predicted octanol–water partition coefficient (Wildman–Crippen LogP) is 0.165. The highest BCUT2D eigenvalue weighted by Gasteiger charge is 2.35. The maximum atomic E-state index is 12.0. The first-order valence-corrected chi connectivity index (χ1v) is 7.60. The normalized spacial score (nSPS) is 14.5. The van der Waals surface area contributed by atoms with E-state index in [4.69, 9.17) is 4.74 Å². The number of benzene rings is 1. The van der Waals surface area contributed by atoms with Crippen LogP contribution in [-0.2, 0) is 20.8 Å². The maximum absolute atomic E-state index is 12.0. The summed E-state index contributed by atoms with van der Waals surface area (Å²) in [5.41, 5.74) is 0.860. The maximum Gasteiger partial charge on any atom is 0.327 e. The molecule has 0 unspecified atom stereocenters. The Morgan fingerprint density at radius 2 is 1.92 bits per heavy atom. The molecule has 0 bridgehead atoms. The third kappa shape index (κ3) is 4.09. The molecule has 2 rings (SSSR count). The molecule has 0 radical (unpaired) electrons. The lowest BCUT2D eigenvalue weighted by molar-refractivity contribution is -0.153. The highest BCUT2D eigenvalue weighted by atomic mass is 16.5. The molecular weight excluding hydrogens is 314 g/mol. The summed E-state index contributed by atoms with van der Waals surface area (Å²) in [6.07, 6.45) is 1.14. The summed E-state index contributed by atoms with van der Waals surface area (Å²) < 4.78 is 5.35.